The van der Waals surface area contributed by atoms with E-state index >= 15 is 0 Å². The number of amides is 1. The zero-order chi connectivity index (χ0) is 14.0. The lowest BCUT2D eigenvalue weighted by atomic mass is 9.76. The minimum Gasteiger partial charge on any atom is -0.472 e. The van der Waals surface area contributed by atoms with E-state index in [4.69, 9.17) is 10.6 Å². The van der Waals surface area contributed by atoms with Crippen LogP contribution >= 0.6 is 0 Å². The molecule has 8 heteroatoms. The van der Waals surface area contributed by atoms with Crippen molar-refractivity contribution in [3.05, 3.63) is 5.53 Å². The fourth-order valence-corrected chi connectivity index (χ4v) is 1.95. The SMILES string of the molecule is CC(O)C1C(=O)NC1C(C)C(=O)C(=[N+]=[N-])C(=O)O. The molecular weight excluding hydrogens is 242 g/mol. The summed E-state index contributed by atoms with van der Waals surface area (Å²) in [7, 11) is 0. The van der Waals surface area contributed by atoms with Crippen molar-refractivity contribution in [1.29, 1.82) is 0 Å². The molecular formula is C10H13N3O5. The fourth-order valence-electron chi connectivity index (χ4n) is 1.95. The van der Waals surface area contributed by atoms with Gasteiger partial charge in [-0.15, -0.1) is 0 Å². The van der Waals surface area contributed by atoms with Crippen LogP contribution in [-0.2, 0) is 14.4 Å². The van der Waals surface area contributed by atoms with Crippen LogP contribution in [0.1, 0.15) is 13.8 Å². The van der Waals surface area contributed by atoms with Crippen LogP contribution < -0.4 is 5.32 Å². The number of nitrogens with zero attached hydrogens (tertiary/aromatic N) is 2. The first-order valence-corrected chi connectivity index (χ1v) is 5.29. The minimum absolute atomic E-state index is 0.396. The van der Waals surface area contributed by atoms with Gasteiger partial charge in [0.2, 0.25) is 5.91 Å². The zero-order valence-corrected chi connectivity index (χ0v) is 9.82. The maximum atomic E-state index is 11.7. The van der Waals surface area contributed by atoms with Crippen molar-refractivity contribution in [3.63, 3.8) is 0 Å². The number of Topliss-reactive ketones (excluding diaryl/α,β-unsaturated/α-hetero) is 1. The first-order valence-electron chi connectivity index (χ1n) is 5.29. The number of carbonyl (C=O) groups is 3. The van der Waals surface area contributed by atoms with Crippen molar-refractivity contribution in [3.8, 4) is 0 Å². The van der Waals surface area contributed by atoms with E-state index in [0.29, 0.717) is 0 Å². The van der Waals surface area contributed by atoms with Crippen LogP contribution in [-0.4, -0.2) is 50.5 Å². The first-order chi connectivity index (χ1) is 8.31. The number of ketones is 1. The Morgan fingerprint density at radius 2 is 2.00 bits per heavy atom. The monoisotopic (exact) mass is 255 g/mol. The van der Waals surface area contributed by atoms with Gasteiger partial charge in [0, 0.05) is 5.92 Å². The van der Waals surface area contributed by atoms with Gasteiger partial charge in [0.15, 0.2) is 0 Å². The van der Waals surface area contributed by atoms with Crippen LogP contribution in [0.4, 0.5) is 0 Å². The molecule has 8 nitrogen and oxygen atoms in total. The van der Waals surface area contributed by atoms with Gasteiger partial charge in [0.25, 0.3) is 5.78 Å². The summed E-state index contributed by atoms with van der Waals surface area (Å²) < 4.78 is 0. The lowest BCUT2D eigenvalue weighted by Gasteiger charge is -2.40. The van der Waals surface area contributed by atoms with E-state index in [-0.39, 0.29) is 0 Å². The van der Waals surface area contributed by atoms with Crippen molar-refractivity contribution < 1.29 is 29.4 Å². The molecule has 1 amide bonds. The predicted octanol–water partition coefficient (Wildman–Crippen LogP) is -1.56. The Bertz CT molecular complexity index is 452. The fraction of sp³-hybridized carbons (Fsp3) is 0.600. The van der Waals surface area contributed by atoms with E-state index < -0.39 is 47.4 Å². The summed E-state index contributed by atoms with van der Waals surface area (Å²) in [4.78, 5) is 36.0. The summed E-state index contributed by atoms with van der Waals surface area (Å²) in [6.07, 6.45) is -0.946. The smallest absolute Gasteiger partial charge is 0.441 e. The van der Waals surface area contributed by atoms with E-state index in [1.807, 2.05) is 0 Å². The third kappa shape index (κ3) is 2.29. The van der Waals surface area contributed by atoms with Gasteiger partial charge in [-0.3, -0.25) is 9.59 Å². The second kappa shape index (κ2) is 5.07. The van der Waals surface area contributed by atoms with Crippen LogP contribution in [0.25, 0.3) is 5.53 Å². The molecule has 0 aliphatic carbocycles. The Labute approximate surface area is 102 Å². The highest BCUT2D eigenvalue weighted by Gasteiger charge is 2.49. The average molecular weight is 255 g/mol. The summed E-state index contributed by atoms with van der Waals surface area (Å²) in [6, 6.07) is -0.666. The molecule has 1 fully saturated rings. The molecule has 0 spiro atoms. The molecule has 1 aliphatic rings. The van der Waals surface area contributed by atoms with Crippen LogP contribution in [0.15, 0.2) is 0 Å². The van der Waals surface area contributed by atoms with Gasteiger partial charge in [-0.2, -0.15) is 4.79 Å². The summed E-state index contributed by atoms with van der Waals surface area (Å²) in [5.74, 6) is -4.61. The number of carboxylic acid groups (broad SMARTS) is 1. The number of aliphatic hydroxyl groups excluding tert-OH is 1. The van der Waals surface area contributed by atoms with Gasteiger partial charge < -0.3 is 21.1 Å². The summed E-state index contributed by atoms with van der Waals surface area (Å²) in [5, 5.41) is 20.4. The zero-order valence-electron chi connectivity index (χ0n) is 9.82. The molecule has 0 bridgehead atoms. The maximum Gasteiger partial charge on any atom is 0.441 e. The van der Waals surface area contributed by atoms with Crippen LogP contribution in [0.3, 0.4) is 0 Å². The number of hydrogen-bond donors (Lipinski definition) is 3. The Morgan fingerprint density at radius 3 is 2.33 bits per heavy atom. The Morgan fingerprint density at radius 1 is 1.44 bits per heavy atom. The number of carboxylic acids is 1. The number of hydrogen-bond acceptors (Lipinski definition) is 4. The quantitative estimate of drug-likeness (QED) is 0.179. The highest BCUT2D eigenvalue weighted by atomic mass is 16.4. The van der Waals surface area contributed by atoms with Crippen molar-refractivity contribution in [1.82, 2.24) is 5.32 Å². The van der Waals surface area contributed by atoms with Gasteiger partial charge >= 0.3 is 11.7 Å². The largest absolute Gasteiger partial charge is 0.472 e. The second-order valence-electron chi connectivity index (χ2n) is 4.21. The normalized spacial score (nSPS) is 25.2. The number of aliphatic hydroxyl groups is 1. The average Bonchev–Trinajstić information content (AvgIpc) is 2.24. The lowest BCUT2D eigenvalue weighted by molar-refractivity contribution is -0.145. The van der Waals surface area contributed by atoms with Crippen molar-refractivity contribution in [2.75, 3.05) is 0 Å². The summed E-state index contributed by atoms with van der Waals surface area (Å²) in [6.45, 7) is 2.81. The second-order valence-corrected chi connectivity index (χ2v) is 4.21. The van der Waals surface area contributed by atoms with Crippen LogP contribution in [0.5, 0.6) is 0 Å². The van der Waals surface area contributed by atoms with E-state index in [1.165, 1.54) is 13.8 Å². The predicted molar refractivity (Wildman–Crippen MR) is 57.5 cm³/mol. The molecule has 4 atom stereocenters. The molecule has 1 heterocycles. The minimum atomic E-state index is -1.64. The number of β-lactam (4-membered cyclic amide) rings is 1. The molecule has 0 aromatic rings. The van der Waals surface area contributed by atoms with E-state index in [2.05, 4.69) is 10.1 Å². The third-order valence-corrected chi connectivity index (χ3v) is 3.01. The molecule has 0 aromatic heterocycles. The standard InChI is InChI=1S/C10H13N3O5/c1-3(8(15)7(13-11)10(17)18)6-5(4(2)14)9(16)12-6/h3-6,14H,1-2H3,(H,12,16)(H,17,18). The van der Waals surface area contributed by atoms with Gasteiger partial charge in [-0.1, -0.05) is 6.92 Å². The van der Waals surface area contributed by atoms with Crippen molar-refractivity contribution in [2.24, 2.45) is 11.8 Å². The van der Waals surface area contributed by atoms with E-state index in [0.717, 1.165) is 0 Å². The third-order valence-electron chi connectivity index (χ3n) is 3.01. The number of carbonyl (C=O) groups excluding carboxylic acids is 2. The Kier molecular flexibility index (Phi) is 3.95. The van der Waals surface area contributed by atoms with E-state index in [9.17, 15) is 19.5 Å². The van der Waals surface area contributed by atoms with Crippen molar-refractivity contribution in [2.45, 2.75) is 26.0 Å². The topological polar surface area (TPSA) is 140 Å². The molecule has 98 valence electrons. The molecule has 1 aliphatic heterocycles. The number of rotatable bonds is 5. The molecule has 0 saturated carbocycles. The molecule has 0 radical (unpaired) electrons. The van der Waals surface area contributed by atoms with Crippen LogP contribution in [0, 0.1) is 11.8 Å². The van der Waals surface area contributed by atoms with Crippen molar-refractivity contribution >= 4 is 23.4 Å². The highest BCUT2D eigenvalue weighted by molar-refractivity contribution is 6.62. The molecule has 18 heavy (non-hydrogen) atoms. The molecule has 3 N–H and O–H groups in total. The van der Waals surface area contributed by atoms with Gasteiger partial charge in [-0.25, -0.2) is 4.79 Å². The van der Waals surface area contributed by atoms with Gasteiger partial charge in [0.1, 0.15) is 0 Å². The highest BCUT2D eigenvalue weighted by Crippen LogP contribution is 2.26. The molecule has 1 saturated heterocycles. The number of aliphatic carboxylic acids is 1. The summed E-state index contributed by atoms with van der Waals surface area (Å²) >= 11 is 0. The van der Waals surface area contributed by atoms with Gasteiger partial charge in [-0.05, 0) is 6.92 Å². The van der Waals surface area contributed by atoms with Crippen LogP contribution in [0.2, 0.25) is 0 Å². The molecule has 0 aromatic carbocycles. The lowest BCUT2D eigenvalue weighted by Crippen LogP contribution is -2.66. The first kappa shape index (κ1) is 14.0. The molecule has 1 rings (SSSR count). The Balaban J connectivity index is 2.86. The maximum absolute atomic E-state index is 11.7. The molecule has 4 unspecified atom stereocenters. The summed E-state index contributed by atoms with van der Waals surface area (Å²) in [5.41, 5.74) is 7.47. The number of nitrogens with one attached hydrogen (secondary N) is 1. The van der Waals surface area contributed by atoms with Gasteiger partial charge in [0.05, 0.1) is 18.1 Å². The Hall–Kier alpha value is -2.05. The van der Waals surface area contributed by atoms with E-state index in [1.54, 1.807) is 0 Å².